The van der Waals surface area contributed by atoms with Crippen LogP contribution in [0.4, 0.5) is 0 Å². The van der Waals surface area contributed by atoms with Crippen LogP contribution >= 0.6 is 0 Å². The Kier molecular flexibility index (Phi) is 8.18. The van der Waals surface area contributed by atoms with E-state index in [-0.39, 0.29) is 60.9 Å². The Morgan fingerprint density at radius 3 is 2.14 bits per heavy atom. The van der Waals surface area contributed by atoms with Gasteiger partial charge in [0.2, 0.25) is 0 Å². The molecule has 0 bridgehead atoms. The summed E-state index contributed by atoms with van der Waals surface area (Å²) in [5.74, 6) is 0.806. The molecule has 1 aliphatic rings. The predicted octanol–water partition coefficient (Wildman–Crippen LogP) is 1.55. The molecule has 1 unspecified atom stereocenters. The summed E-state index contributed by atoms with van der Waals surface area (Å²) in [6, 6.07) is 0. The van der Waals surface area contributed by atoms with E-state index < -0.39 is 0 Å². The molecule has 2 rings (SSSR count). The summed E-state index contributed by atoms with van der Waals surface area (Å²) in [6.45, 7) is 14.0. The molecule has 0 heterocycles. The SMILES string of the molecule is Cc1c(C)c(C)[c-]([SiH2]C2(CCC(C)C)C=CC=CC2)c1C.[K+]. The molecular formula is C20H31KSi. The van der Waals surface area contributed by atoms with E-state index in [1.807, 2.05) is 0 Å². The van der Waals surface area contributed by atoms with E-state index in [4.69, 9.17) is 0 Å². The van der Waals surface area contributed by atoms with Crippen molar-refractivity contribution in [2.24, 2.45) is 5.92 Å². The number of hydrogen-bond donors (Lipinski definition) is 0. The number of rotatable bonds is 5. The van der Waals surface area contributed by atoms with Crippen molar-refractivity contribution >= 4 is 14.7 Å². The van der Waals surface area contributed by atoms with E-state index in [2.05, 4.69) is 65.8 Å². The first-order chi connectivity index (χ1) is 9.86. The average Bonchev–Trinajstić information content (AvgIpc) is 2.64. The van der Waals surface area contributed by atoms with Crippen LogP contribution < -0.4 is 56.6 Å². The molecule has 0 spiro atoms. The fourth-order valence-electron chi connectivity index (χ4n) is 3.60. The van der Waals surface area contributed by atoms with Crippen LogP contribution in [0.2, 0.25) is 5.04 Å². The third-order valence-electron chi connectivity index (χ3n) is 5.56. The zero-order chi connectivity index (χ0) is 15.6. The Labute approximate surface area is 182 Å². The van der Waals surface area contributed by atoms with Gasteiger partial charge in [0.15, 0.2) is 0 Å². The van der Waals surface area contributed by atoms with Gasteiger partial charge in [-0.15, -0.1) is 0 Å². The minimum absolute atomic E-state index is 0. The van der Waals surface area contributed by atoms with Crippen molar-refractivity contribution in [3.8, 4) is 0 Å². The van der Waals surface area contributed by atoms with Crippen LogP contribution in [0.1, 0.15) is 55.4 Å². The zero-order valence-corrected chi connectivity index (χ0v) is 20.3. The van der Waals surface area contributed by atoms with E-state index in [0.717, 1.165) is 5.92 Å². The molecule has 2 heteroatoms. The van der Waals surface area contributed by atoms with Crippen LogP contribution in [0, 0.1) is 33.6 Å². The first-order valence-electron chi connectivity index (χ1n) is 8.42. The van der Waals surface area contributed by atoms with Gasteiger partial charge in [-0.3, -0.25) is 0 Å². The van der Waals surface area contributed by atoms with Gasteiger partial charge in [0.1, 0.15) is 0 Å². The average molecular weight is 339 g/mol. The largest absolute Gasteiger partial charge is 1.00 e. The normalized spacial score (nSPS) is 21.0. The van der Waals surface area contributed by atoms with Gasteiger partial charge in [-0.25, -0.2) is 0 Å². The summed E-state index contributed by atoms with van der Waals surface area (Å²) >= 11 is 0. The van der Waals surface area contributed by atoms with Gasteiger partial charge in [-0.1, -0.05) is 72.3 Å². The van der Waals surface area contributed by atoms with Gasteiger partial charge in [0.25, 0.3) is 0 Å². The van der Waals surface area contributed by atoms with E-state index in [9.17, 15) is 0 Å². The van der Waals surface area contributed by atoms with Crippen molar-refractivity contribution in [1.29, 1.82) is 0 Å². The molecule has 1 aliphatic carbocycles. The second kappa shape index (κ2) is 8.68. The van der Waals surface area contributed by atoms with Gasteiger partial charge in [-0.2, -0.15) is 27.4 Å². The van der Waals surface area contributed by atoms with Crippen molar-refractivity contribution in [2.45, 2.75) is 65.8 Å². The van der Waals surface area contributed by atoms with Gasteiger partial charge in [-0.05, 0) is 23.8 Å². The van der Waals surface area contributed by atoms with Gasteiger partial charge in [0.05, 0.1) is 0 Å². The van der Waals surface area contributed by atoms with Crippen molar-refractivity contribution in [3.63, 3.8) is 0 Å². The van der Waals surface area contributed by atoms with Gasteiger partial charge < -0.3 is 0 Å². The fraction of sp³-hybridized carbons (Fsp3) is 0.550. The third-order valence-corrected chi connectivity index (χ3v) is 8.56. The Morgan fingerprint density at radius 1 is 1.09 bits per heavy atom. The summed E-state index contributed by atoms with van der Waals surface area (Å²) in [5, 5.41) is 2.22. The van der Waals surface area contributed by atoms with Gasteiger partial charge >= 0.3 is 51.4 Å². The molecule has 1 aromatic rings. The molecule has 0 aromatic heterocycles. The molecule has 0 amide bonds. The van der Waals surface area contributed by atoms with Crippen LogP contribution in [-0.4, -0.2) is 9.52 Å². The quantitative estimate of drug-likeness (QED) is 0.564. The summed E-state index contributed by atoms with van der Waals surface area (Å²) in [4.78, 5) is 0. The molecule has 0 fully saturated rings. The maximum Gasteiger partial charge on any atom is 1.00 e. The molecule has 0 saturated heterocycles. The van der Waals surface area contributed by atoms with E-state index in [1.54, 1.807) is 16.3 Å². The summed E-state index contributed by atoms with van der Waals surface area (Å²) < 4.78 is 0. The predicted molar refractivity (Wildman–Crippen MR) is 98.8 cm³/mol. The Morgan fingerprint density at radius 2 is 1.68 bits per heavy atom. The summed E-state index contributed by atoms with van der Waals surface area (Å²) in [7, 11) is -0.303. The van der Waals surface area contributed by atoms with Crippen molar-refractivity contribution < 1.29 is 51.4 Å². The van der Waals surface area contributed by atoms with Crippen LogP contribution in [0.25, 0.3) is 0 Å². The molecule has 0 N–H and O–H groups in total. The third kappa shape index (κ3) is 4.61. The molecule has 116 valence electrons. The first-order valence-corrected chi connectivity index (χ1v) is 9.84. The van der Waals surface area contributed by atoms with Crippen LogP contribution in [0.3, 0.4) is 0 Å². The van der Waals surface area contributed by atoms with Crippen LogP contribution in [0.15, 0.2) is 24.3 Å². The van der Waals surface area contributed by atoms with Crippen LogP contribution in [0.5, 0.6) is 0 Å². The smallest absolute Gasteiger partial charge is 0.196 e. The first kappa shape index (κ1) is 20.7. The molecular weight excluding hydrogens is 307 g/mol. The maximum absolute atomic E-state index is 2.54. The molecule has 0 aliphatic heterocycles. The number of hydrogen-bond acceptors (Lipinski definition) is 0. The van der Waals surface area contributed by atoms with E-state index in [1.165, 1.54) is 30.4 Å². The molecule has 0 radical (unpaired) electrons. The minimum Gasteiger partial charge on any atom is -0.196 e. The van der Waals surface area contributed by atoms with Crippen molar-refractivity contribution in [1.82, 2.24) is 0 Å². The van der Waals surface area contributed by atoms with E-state index >= 15 is 0 Å². The molecule has 1 aromatic carbocycles. The molecule has 0 nitrogen and oxygen atoms in total. The molecule has 22 heavy (non-hydrogen) atoms. The second-order valence-electron chi connectivity index (χ2n) is 7.44. The molecule has 1 atom stereocenters. The molecule has 0 saturated carbocycles. The topological polar surface area (TPSA) is 0 Å². The monoisotopic (exact) mass is 338 g/mol. The summed E-state index contributed by atoms with van der Waals surface area (Å²) in [6.07, 6.45) is 13.4. The van der Waals surface area contributed by atoms with Crippen LogP contribution in [-0.2, 0) is 0 Å². The summed E-state index contributed by atoms with van der Waals surface area (Å²) in [5.41, 5.74) is 6.24. The van der Waals surface area contributed by atoms with Crippen molar-refractivity contribution in [3.05, 3.63) is 46.6 Å². The standard InChI is InChI=1S/C20H31Si.K/c1-14(2)10-13-20(11-8-7-9-12-20)21-19-17(5)15(3)16(4)18(19)6;/h7-9,11,14H,10,12-13,21H2,1-6H3;/q-1;+1. The number of allylic oxidation sites excluding steroid dienone is 4. The van der Waals surface area contributed by atoms with Gasteiger partial charge in [0, 0.05) is 9.52 Å². The second-order valence-corrected chi connectivity index (χ2v) is 9.91. The zero-order valence-electron chi connectivity index (χ0n) is 15.7. The Bertz CT molecular complexity index is 537. The maximum atomic E-state index is 2.54. The minimum atomic E-state index is -0.303. The van der Waals surface area contributed by atoms with Crippen molar-refractivity contribution in [2.75, 3.05) is 0 Å². The fourth-order valence-corrected chi connectivity index (χ4v) is 6.31. The Hall–Kier alpha value is 0.683. The Balaban J connectivity index is 0.00000242. The van der Waals surface area contributed by atoms with E-state index in [0.29, 0.717) is 5.04 Å².